The van der Waals surface area contributed by atoms with Gasteiger partial charge < -0.3 is 5.32 Å². The molecular formula is C17H18N4O2S. The Labute approximate surface area is 143 Å². The Kier molecular flexibility index (Phi) is 4.35. The highest BCUT2D eigenvalue weighted by Crippen LogP contribution is 2.19. The van der Waals surface area contributed by atoms with Crippen LogP contribution in [0.25, 0.3) is 5.13 Å². The summed E-state index contributed by atoms with van der Waals surface area (Å²) < 4.78 is 1.41. The first kappa shape index (κ1) is 16.2. The number of aromatic amines is 1. The highest BCUT2D eigenvalue weighted by atomic mass is 32.1. The van der Waals surface area contributed by atoms with E-state index in [1.165, 1.54) is 16.0 Å². The Bertz CT molecular complexity index is 918. The Morgan fingerprint density at radius 1 is 1.25 bits per heavy atom. The van der Waals surface area contributed by atoms with E-state index >= 15 is 0 Å². The van der Waals surface area contributed by atoms with Crippen molar-refractivity contribution in [3.05, 3.63) is 62.5 Å². The van der Waals surface area contributed by atoms with Gasteiger partial charge >= 0.3 is 0 Å². The Morgan fingerprint density at radius 3 is 2.58 bits per heavy atom. The van der Waals surface area contributed by atoms with Gasteiger partial charge in [-0.2, -0.15) is 4.68 Å². The molecule has 3 aromatic rings. The SMILES string of the molecule is Cc1nc(-n2[nH]c(C)c(CC(=O)Nc3ccccc3)c2=O)sc1C. The monoisotopic (exact) mass is 342 g/mol. The van der Waals surface area contributed by atoms with Crippen LogP contribution >= 0.6 is 11.3 Å². The predicted octanol–water partition coefficient (Wildman–Crippen LogP) is 2.73. The zero-order chi connectivity index (χ0) is 17.3. The van der Waals surface area contributed by atoms with Crippen molar-refractivity contribution < 1.29 is 4.79 Å². The molecule has 0 unspecified atom stereocenters. The fourth-order valence-electron chi connectivity index (χ4n) is 2.36. The summed E-state index contributed by atoms with van der Waals surface area (Å²) in [4.78, 5) is 30.3. The molecule has 2 heterocycles. The van der Waals surface area contributed by atoms with Crippen molar-refractivity contribution in [1.29, 1.82) is 0 Å². The number of nitrogens with one attached hydrogen (secondary N) is 2. The summed E-state index contributed by atoms with van der Waals surface area (Å²) in [6.45, 7) is 5.66. The second-order valence-corrected chi connectivity index (χ2v) is 6.77. The standard InChI is InChI=1S/C17H18N4O2S/c1-10-12(3)24-17(18-10)21-16(23)14(11(2)20-21)9-15(22)19-13-7-5-4-6-8-13/h4-8,20H,9H2,1-3H3,(H,19,22). The minimum absolute atomic E-state index is 0.0202. The molecule has 0 saturated heterocycles. The molecule has 2 N–H and O–H groups in total. The van der Waals surface area contributed by atoms with Gasteiger partial charge in [-0.3, -0.25) is 14.7 Å². The van der Waals surface area contributed by atoms with E-state index in [1.807, 2.05) is 32.0 Å². The number of nitrogens with zero attached hydrogens (tertiary/aromatic N) is 2. The summed E-state index contributed by atoms with van der Waals surface area (Å²) in [5, 5.41) is 6.39. The molecule has 0 atom stereocenters. The van der Waals surface area contributed by atoms with Crippen LogP contribution in [0.15, 0.2) is 35.1 Å². The zero-order valence-corrected chi connectivity index (χ0v) is 14.5. The third kappa shape index (κ3) is 3.16. The number of benzene rings is 1. The number of thiazole rings is 1. The number of carbonyl (C=O) groups excluding carboxylic acids is 1. The van der Waals surface area contributed by atoms with Gasteiger partial charge in [0.15, 0.2) is 0 Å². The minimum atomic E-state index is -0.232. The first-order valence-electron chi connectivity index (χ1n) is 7.55. The second-order valence-electron chi connectivity index (χ2n) is 5.58. The summed E-state index contributed by atoms with van der Waals surface area (Å²) in [5.41, 5.74) is 2.51. The minimum Gasteiger partial charge on any atom is -0.326 e. The Hall–Kier alpha value is -2.67. The molecule has 0 spiro atoms. The maximum atomic E-state index is 12.6. The maximum absolute atomic E-state index is 12.6. The number of hydrogen-bond donors (Lipinski definition) is 2. The van der Waals surface area contributed by atoms with Gasteiger partial charge in [-0.25, -0.2) is 4.98 Å². The molecule has 0 saturated carbocycles. The van der Waals surface area contributed by atoms with E-state index in [9.17, 15) is 9.59 Å². The summed E-state index contributed by atoms with van der Waals surface area (Å²) in [6, 6.07) is 9.18. The summed E-state index contributed by atoms with van der Waals surface area (Å²) in [7, 11) is 0. The van der Waals surface area contributed by atoms with E-state index < -0.39 is 0 Å². The van der Waals surface area contributed by atoms with Crippen molar-refractivity contribution in [2.45, 2.75) is 27.2 Å². The Morgan fingerprint density at radius 2 is 1.96 bits per heavy atom. The lowest BCUT2D eigenvalue weighted by Crippen LogP contribution is -2.22. The van der Waals surface area contributed by atoms with Crippen LogP contribution < -0.4 is 10.9 Å². The number of rotatable bonds is 4. The van der Waals surface area contributed by atoms with Crippen LogP contribution in [0.1, 0.15) is 21.8 Å². The molecule has 24 heavy (non-hydrogen) atoms. The second kappa shape index (κ2) is 6.45. The first-order valence-corrected chi connectivity index (χ1v) is 8.37. The first-order chi connectivity index (χ1) is 11.5. The highest BCUT2D eigenvalue weighted by Gasteiger charge is 2.18. The summed E-state index contributed by atoms with van der Waals surface area (Å²) in [5.74, 6) is -0.223. The quantitative estimate of drug-likeness (QED) is 0.765. The number of amides is 1. The van der Waals surface area contributed by atoms with Crippen molar-refractivity contribution in [2.75, 3.05) is 5.32 Å². The van der Waals surface area contributed by atoms with Crippen molar-refractivity contribution in [2.24, 2.45) is 0 Å². The average molecular weight is 342 g/mol. The molecule has 0 radical (unpaired) electrons. The molecule has 2 aromatic heterocycles. The number of anilines is 1. The normalized spacial score (nSPS) is 10.8. The number of aryl methyl sites for hydroxylation is 3. The van der Waals surface area contributed by atoms with Crippen LogP contribution in [0.4, 0.5) is 5.69 Å². The molecule has 1 aromatic carbocycles. The number of para-hydroxylation sites is 1. The third-order valence-corrected chi connectivity index (χ3v) is 4.85. The van der Waals surface area contributed by atoms with E-state index in [-0.39, 0.29) is 17.9 Å². The fourth-order valence-corrected chi connectivity index (χ4v) is 3.23. The topological polar surface area (TPSA) is 79.8 Å². The molecular weight excluding hydrogens is 324 g/mol. The largest absolute Gasteiger partial charge is 0.326 e. The number of aromatic nitrogens is 3. The van der Waals surface area contributed by atoms with Gasteiger partial charge in [-0.05, 0) is 32.9 Å². The van der Waals surface area contributed by atoms with E-state index in [0.717, 1.165) is 10.6 Å². The highest BCUT2D eigenvalue weighted by molar-refractivity contribution is 7.14. The van der Waals surface area contributed by atoms with Crippen LogP contribution in [-0.2, 0) is 11.2 Å². The lowest BCUT2D eigenvalue weighted by Gasteiger charge is -2.03. The maximum Gasteiger partial charge on any atom is 0.277 e. The molecule has 0 aliphatic heterocycles. The zero-order valence-electron chi connectivity index (χ0n) is 13.7. The van der Waals surface area contributed by atoms with Gasteiger partial charge in [0.25, 0.3) is 5.56 Å². The van der Waals surface area contributed by atoms with Gasteiger partial charge in [0.05, 0.1) is 12.1 Å². The van der Waals surface area contributed by atoms with Crippen LogP contribution in [0.5, 0.6) is 0 Å². The van der Waals surface area contributed by atoms with Crippen LogP contribution in [-0.4, -0.2) is 20.7 Å². The summed E-state index contributed by atoms with van der Waals surface area (Å²) in [6.07, 6.45) is 0.0202. The smallest absolute Gasteiger partial charge is 0.277 e. The van der Waals surface area contributed by atoms with E-state index in [1.54, 1.807) is 19.1 Å². The number of carbonyl (C=O) groups is 1. The van der Waals surface area contributed by atoms with Crippen molar-refractivity contribution in [3.63, 3.8) is 0 Å². The summed E-state index contributed by atoms with van der Waals surface area (Å²) >= 11 is 1.45. The van der Waals surface area contributed by atoms with Crippen molar-refractivity contribution >= 4 is 22.9 Å². The van der Waals surface area contributed by atoms with Crippen LogP contribution in [0.2, 0.25) is 0 Å². The molecule has 7 heteroatoms. The molecule has 0 bridgehead atoms. The predicted molar refractivity (Wildman–Crippen MR) is 95.0 cm³/mol. The van der Waals surface area contributed by atoms with Gasteiger partial charge in [-0.15, -0.1) is 0 Å². The van der Waals surface area contributed by atoms with Crippen LogP contribution in [0.3, 0.4) is 0 Å². The lowest BCUT2D eigenvalue weighted by atomic mass is 10.2. The van der Waals surface area contributed by atoms with Gasteiger partial charge in [0.2, 0.25) is 11.0 Å². The van der Waals surface area contributed by atoms with Crippen LogP contribution in [0, 0.1) is 20.8 Å². The lowest BCUT2D eigenvalue weighted by molar-refractivity contribution is -0.115. The van der Waals surface area contributed by atoms with Crippen molar-refractivity contribution in [3.8, 4) is 5.13 Å². The molecule has 1 amide bonds. The molecule has 3 rings (SSSR count). The van der Waals surface area contributed by atoms with E-state index in [2.05, 4.69) is 15.4 Å². The number of hydrogen-bond acceptors (Lipinski definition) is 4. The van der Waals surface area contributed by atoms with E-state index in [4.69, 9.17) is 0 Å². The molecule has 0 aliphatic carbocycles. The van der Waals surface area contributed by atoms with Crippen molar-refractivity contribution in [1.82, 2.24) is 14.8 Å². The van der Waals surface area contributed by atoms with Gasteiger partial charge in [-0.1, -0.05) is 29.5 Å². The Balaban J connectivity index is 1.84. The molecule has 6 nitrogen and oxygen atoms in total. The molecule has 0 fully saturated rings. The fraction of sp³-hybridized carbons (Fsp3) is 0.235. The average Bonchev–Trinajstić information content (AvgIpc) is 3.02. The van der Waals surface area contributed by atoms with Gasteiger partial charge in [0, 0.05) is 21.8 Å². The van der Waals surface area contributed by atoms with Gasteiger partial charge in [0.1, 0.15) is 0 Å². The molecule has 0 aliphatic rings. The number of H-pyrrole nitrogens is 1. The van der Waals surface area contributed by atoms with E-state index in [0.29, 0.717) is 22.1 Å². The third-order valence-electron chi connectivity index (χ3n) is 3.80. The molecule has 124 valence electrons.